The van der Waals surface area contributed by atoms with Gasteiger partial charge in [0, 0.05) is 38.7 Å². The van der Waals surface area contributed by atoms with Gasteiger partial charge in [-0.3, -0.25) is 4.98 Å². The van der Waals surface area contributed by atoms with Crippen molar-refractivity contribution in [2.24, 2.45) is 0 Å². The van der Waals surface area contributed by atoms with Crippen molar-refractivity contribution in [2.75, 3.05) is 30.5 Å². The number of aromatic nitrogens is 3. The minimum absolute atomic E-state index is 0.335. The van der Waals surface area contributed by atoms with E-state index in [-0.39, 0.29) is 0 Å². The lowest BCUT2D eigenvalue weighted by Gasteiger charge is -2.24. The highest BCUT2D eigenvalue weighted by Gasteiger charge is 2.14. The van der Waals surface area contributed by atoms with Crippen LogP contribution < -0.4 is 10.2 Å². The molecule has 116 valence electrons. The fourth-order valence-electron chi connectivity index (χ4n) is 2.54. The van der Waals surface area contributed by atoms with Gasteiger partial charge in [0.2, 0.25) is 0 Å². The number of pyridine rings is 1. The molecule has 2 aromatic heterocycles. The normalized spacial score (nSPS) is 18.0. The lowest BCUT2D eigenvalue weighted by molar-refractivity contribution is 0.0875. The summed E-state index contributed by atoms with van der Waals surface area (Å²) >= 11 is 0. The third-order valence-electron chi connectivity index (χ3n) is 3.73. The lowest BCUT2D eigenvalue weighted by atomic mass is 10.1. The van der Waals surface area contributed by atoms with Crippen molar-refractivity contribution in [3.8, 4) is 0 Å². The highest BCUT2D eigenvalue weighted by atomic mass is 16.5. The van der Waals surface area contributed by atoms with Gasteiger partial charge in [-0.25, -0.2) is 9.97 Å². The van der Waals surface area contributed by atoms with Crippen LogP contribution in [0.25, 0.3) is 0 Å². The zero-order chi connectivity index (χ0) is 15.2. The molecule has 0 unspecified atom stereocenters. The molecule has 0 saturated carbocycles. The first-order valence-corrected chi connectivity index (χ1v) is 7.57. The standard InChI is InChI=1S/C16H21N5O/c1-21(10-13-4-6-17-7-5-13)16-9-15(18-12-19-16)20-14-3-2-8-22-11-14/h4-7,9,12,14H,2-3,8,10-11H2,1H3,(H,18,19,20)/t14-/m1/s1. The molecule has 0 bridgehead atoms. The van der Waals surface area contributed by atoms with Crippen molar-refractivity contribution >= 4 is 11.6 Å². The topological polar surface area (TPSA) is 63.2 Å². The van der Waals surface area contributed by atoms with Gasteiger partial charge >= 0.3 is 0 Å². The number of nitrogens with one attached hydrogen (secondary N) is 1. The van der Waals surface area contributed by atoms with Gasteiger partial charge in [0.15, 0.2) is 0 Å². The minimum atomic E-state index is 0.335. The fourth-order valence-corrected chi connectivity index (χ4v) is 2.54. The van der Waals surface area contributed by atoms with E-state index in [2.05, 4.69) is 25.2 Å². The summed E-state index contributed by atoms with van der Waals surface area (Å²) in [5, 5.41) is 3.43. The van der Waals surface area contributed by atoms with E-state index in [9.17, 15) is 0 Å². The van der Waals surface area contributed by atoms with Gasteiger partial charge in [0.05, 0.1) is 12.6 Å². The molecule has 0 aromatic carbocycles. The first kappa shape index (κ1) is 14.7. The molecule has 1 fully saturated rings. The quantitative estimate of drug-likeness (QED) is 0.912. The highest BCUT2D eigenvalue weighted by Crippen LogP contribution is 2.17. The Morgan fingerprint density at radius 2 is 2.18 bits per heavy atom. The number of rotatable bonds is 5. The summed E-state index contributed by atoms with van der Waals surface area (Å²) < 4.78 is 5.49. The van der Waals surface area contributed by atoms with Crippen LogP contribution in [0.3, 0.4) is 0 Å². The van der Waals surface area contributed by atoms with Crippen LogP contribution in [0, 0.1) is 0 Å². The van der Waals surface area contributed by atoms with Crippen LogP contribution in [-0.2, 0) is 11.3 Å². The molecule has 3 rings (SSSR count). The Morgan fingerprint density at radius 1 is 1.32 bits per heavy atom. The number of nitrogens with zero attached hydrogens (tertiary/aromatic N) is 4. The Balaban J connectivity index is 1.64. The second kappa shape index (κ2) is 7.17. The van der Waals surface area contributed by atoms with Gasteiger partial charge in [-0.15, -0.1) is 0 Å². The molecule has 1 saturated heterocycles. The Hall–Kier alpha value is -2.21. The second-order valence-corrected chi connectivity index (χ2v) is 5.53. The third-order valence-corrected chi connectivity index (χ3v) is 3.73. The average Bonchev–Trinajstić information content (AvgIpc) is 2.57. The number of ether oxygens (including phenoxy) is 1. The Bertz CT molecular complexity index is 586. The number of anilines is 2. The van der Waals surface area contributed by atoms with E-state index in [4.69, 9.17) is 4.74 Å². The molecule has 1 N–H and O–H groups in total. The molecule has 0 aliphatic carbocycles. The van der Waals surface area contributed by atoms with E-state index in [0.29, 0.717) is 6.04 Å². The van der Waals surface area contributed by atoms with Gasteiger partial charge < -0.3 is 15.0 Å². The number of hydrogen-bond donors (Lipinski definition) is 1. The second-order valence-electron chi connectivity index (χ2n) is 5.53. The largest absolute Gasteiger partial charge is 0.379 e. The van der Waals surface area contributed by atoms with Gasteiger partial charge in [0.1, 0.15) is 18.0 Å². The van der Waals surface area contributed by atoms with E-state index >= 15 is 0 Å². The molecule has 0 radical (unpaired) electrons. The summed E-state index contributed by atoms with van der Waals surface area (Å²) in [6, 6.07) is 6.34. The molecular weight excluding hydrogens is 278 g/mol. The van der Waals surface area contributed by atoms with Crippen molar-refractivity contribution in [1.82, 2.24) is 15.0 Å². The van der Waals surface area contributed by atoms with E-state index in [1.807, 2.05) is 25.2 Å². The average molecular weight is 299 g/mol. The molecule has 0 amide bonds. The SMILES string of the molecule is CN(Cc1ccncc1)c1cc(N[C@@H]2CCCOC2)ncn1. The summed E-state index contributed by atoms with van der Waals surface area (Å²) in [5.41, 5.74) is 1.20. The van der Waals surface area contributed by atoms with Crippen molar-refractivity contribution < 1.29 is 4.74 Å². The van der Waals surface area contributed by atoms with E-state index in [1.165, 1.54) is 5.56 Å². The molecule has 6 nitrogen and oxygen atoms in total. The van der Waals surface area contributed by atoms with Crippen molar-refractivity contribution in [1.29, 1.82) is 0 Å². The lowest BCUT2D eigenvalue weighted by Crippen LogP contribution is -2.30. The van der Waals surface area contributed by atoms with Crippen molar-refractivity contribution in [2.45, 2.75) is 25.4 Å². The van der Waals surface area contributed by atoms with Crippen LogP contribution in [0.4, 0.5) is 11.6 Å². The van der Waals surface area contributed by atoms with E-state index in [0.717, 1.165) is 44.2 Å². The fraction of sp³-hybridized carbons (Fsp3) is 0.438. The predicted octanol–water partition coefficient (Wildman–Crippen LogP) is 2.10. The van der Waals surface area contributed by atoms with Crippen LogP contribution in [0.5, 0.6) is 0 Å². The first-order valence-electron chi connectivity index (χ1n) is 7.57. The zero-order valence-electron chi connectivity index (χ0n) is 12.8. The van der Waals surface area contributed by atoms with Crippen molar-refractivity contribution in [3.63, 3.8) is 0 Å². The Morgan fingerprint density at radius 3 is 2.95 bits per heavy atom. The van der Waals surface area contributed by atoms with E-state index < -0.39 is 0 Å². The van der Waals surface area contributed by atoms with Crippen LogP contribution >= 0.6 is 0 Å². The summed E-state index contributed by atoms with van der Waals surface area (Å²) in [6.07, 6.45) is 7.42. The molecular formula is C16H21N5O. The van der Waals surface area contributed by atoms with Crippen LogP contribution in [0.15, 0.2) is 36.9 Å². The maximum atomic E-state index is 5.49. The first-order chi connectivity index (χ1) is 10.8. The minimum Gasteiger partial charge on any atom is -0.379 e. The van der Waals surface area contributed by atoms with Crippen LogP contribution in [-0.4, -0.2) is 41.3 Å². The van der Waals surface area contributed by atoms with E-state index in [1.54, 1.807) is 18.7 Å². The van der Waals surface area contributed by atoms with Crippen LogP contribution in [0.2, 0.25) is 0 Å². The molecule has 1 aliphatic rings. The van der Waals surface area contributed by atoms with Gasteiger partial charge in [-0.1, -0.05) is 0 Å². The monoisotopic (exact) mass is 299 g/mol. The third kappa shape index (κ3) is 3.92. The molecule has 6 heteroatoms. The van der Waals surface area contributed by atoms with Gasteiger partial charge in [0.25, 0.3) is 0 Å². The summed E-state index contributed by atoms with van der Waals surface area (Å²) in [6.45, 7) is 2.39. The van der Waals surface area contributed by atoms with Crippen LogP contribution in [0.1, 0.15) is 18.4 Å². The van der Waals surface area contributed by atoms with Crippen molar-refractivity contribution in [3.05, 3.63) is 42.5 Å². The van der Waals surface area contributed by atoms with Gasteiger partial charge in [-0.2, -0.15) is 0 Å². The summed E-state index contributed by atoms with van der Waals surface area (Å²) in [5.74, 6) is 1.74. The molecule has 0 spiro atoms. The molecule has 1 aliphatic heterocycles. The summed E-state index contributed by atoms with van der Waals surface area (Å²) in [4.78, 5) is 14.8. The summed E-state index contributed by atoms with van der Waals surface area (Å²) in [7, 11) is 2.02. The maximum absolute atomic E-state index is 5.49. The smallest absolute Gasteiger partial charge is 0.134 e. The molecule has 2 aromatic rings. The Kier molecular flexibility index (Phi) is 4.80. The molecule has 1 atom stereocenters. The Labute approximate surface area is 130 Å². The zero-order valence-corrected chi connectivity index (χ0v) is 12.8. The number of hydrogen-bond acceptors (Lipinski definition) is 6. The predicted molar refractivity (Wildman–Crippen MR) is 85.8 cm³/mol. The molecule has 3 heterocycles. The van der Waals surface area contributed by atoms with Gasteiger partial charge in [-0.05, 0) is 30.5 Å². The maximum Gasteiger partial charge on any atom is 0.134 e. The highest BCUT2D eigenvalue weighted by molar-refractivity contribution is 5.48. The molecule has 22 heavy (non-hydrogen) atoms.